The first kappa shape index (κ1) is 14.7. The predicted molar refractivity (Wildman–Crippen MR) is 71.9 cm³/mol. The van der Waals surface area contributed by atoms with Gasteiger partial charge in [-0.1, -0.05) is 12.1 Å². The van der Waals surface area contributed by atoms with Gasteiger partial charge in [-0.05, 0) is 24.6 Å². The minimum Gasteiger partial charge on any atom is -0.327 e. The maximum atomic E-state index is 11.5. The third-order valence-corrected chi connectivity index (χ3v) is 3.00. The summed E-state index contributed by atoms with van der Waals surface area (Å²) in [5.74, 6) is -0.217. The largest absolute Gasteiger partial charge is 0.327 e. The molecule has 100 valence electrons. The van der Waals surface area contributed by atoms with Gasteiger partial charge in [0.25, 0.3) is 0 Å². The van der Waals surface area contributed by atoms with E-state index < -0.39 is 9.84 Å². The zero-order chi connectivity index (χ0) is 13.8. The second-order valence-electron chi connectivity index (χ2n) is 4.50. The van der Waals surface area contributed by atoms with Crippen LogP contribution in [0.3, 0.4) is 0 Å². The van der Waals surface area contributed by atoms with Crippen molar-refractivity contribution in [2.24, 2.45) is 5.73 Å². The van der Waals surface area contributed by atoms with Crippen LogP contribution in [0.2, 0.25) is 0 Å². The highest BCUT2D eigenvalue weighted by molar-refractivity contribution is 7.89. The molecule has 0 aliphatic rings. The Hall–Kier alpha value is -1.40. The lowest BCUT2D eigenvalue weighted by molar-refractivity contribution is -0.116. The van der Waals surface area contributed by atoms with Gasteiger partial charge in [0.15, 0.2) is 9.84 Å². The lowest BCUT2D eigenvalue weighted by Gasteiger charge is -2.08. The maximum absolute atomic E-state index is 11.5. The fourth-order valence-electron chi connectivity index (χ4n) is 1.55. The van der Waals surface area contributed by atoms with Gasteiger partial charge in [-0.2, -0.15) is 0 Å². The topological polar surface area (TPSA) is 89.3 Å². The summed E-state index contributed by atoms with van der Waals surface area (Å²) in [5.41, 5.74) is 6.75. The highest BCUT2D eigenvalue weighted by atomic mass is 32.2. The lowest BCUT2D eigenvalue weighted by atomic mass is 10.2. The Morgan fingerprint density at radius 1 is 1.44 bits per heavy atom. The predicted octanol–water partition coefficient (Wildman–Crippen LogP) is 0.907. The van der Waals surface area contributed by atoms with E-state index >= 15 is 0 Å². The van der Waals surface area contributed by atoms with Crippen molar-refractivity contribution >= 4 is 21.4 Å². The SMILES string of the molecule is CC(N)CC(=O)Nc1cccc(CS(C)(=O)=O)c1. The van der Waals surface area contributed by atoms with Gasteiger partial charge >= 0.3 is 0 Å². The summed E-state index contributed by atoms with van der Waals surface area (Å²) in [6.07, 6.45) is 1.41. The number of carbonyl (C=O) groups is 1. The molecule has 0 radical (unpaired) electrons. The Balaban J connectivity index is 2.74. The molecule has 0 saturated carbocycles. The van der Waals surface area contributed by atoms with Crippen molar-refractivity contribution in [3.63, 3.8) is 0 Å². The van der Waals surface area contributed by atoms with E-state index in [0.717, 1.165) is 0 Å². The Labute approximate surface area is 107 Å². The van der Waals surface area contributed by atoms with Crippen molar-refractivity contribution < 1.29 is 13.2 Å². The molecule has 1 rings (SSSR count). The van der Waals surface area contributed by atoms with E-state index in [9.17, 15) is 13.2 Å². The molecule has 1 atom stereocenters. The van der Waals surface area contributed by atoms with Gasteiger partial charge in [-0.25, -0.2) is 8.42 Å². The molecular weight excluding hydrogens is 252 g/mol. The zero-order valence-electron chi connectivity index (χ0n) is 10.5. The number of hydrogen-bond donors (Lipinski definition) is 2. The molecule has 0 aliphatic heterocycles. The second-order valence-corrected chi connectivity index (χ2v) is 6.64. The summed E-state index contributed by atoms with van der Waals surface area (Å²) >= 11 is 0. The Morgan fingerprint density at radius 3 is 2.67 bits per heavy atom. The first-order chi connectivity index (χ1) is 8.26. The molecule has 0 bridgehead atoms. The number of nitrogens with one attached hydrogen (secondary N) is 1. The normalized spacial score (nSPS) is 13.1. The minimum atomic E-state index is -3.07. The Morgan fingerprint density at radius 2 is 2.11 bits per heavy atom. The highest BCUT2D eigenvalue weighted by Gasteiger charge is 2.08. The number of anilines is 1. The first-order valence-corrected chi connectivity index (χ1v) is 7.64. The second kappa shape index (κ2) is 5.97. The molecule has 0 aliphatic carbocycles. The van der Waals surface area contributed by atoms with Crippen LogP contribution in [0.1, 0.15) is 18.9 Å². The minimum absolute atomic E-state index is 0.0377. The maximum Gasteiger partial charge on any atom is 0.225 e. The van der Waals surface area contributed by atoms with Crippen molar-refractivity contribution in [2.75, 3.05) is 11.6 Å². The van der Waals surface area contributed by atoms with Gasteiger partial charge < -0.3 is 11.1 Å². The number of nitrogens with two attached hydrogens (primary N) is 1. The van der Waals surface area contributed by atoms with Crippen LogP contribution in [-0.2, 0) is 20.4 Å². The van der Waals surface area contributed by atoms with Crippen LogP contribution in [0, 0.1) is 0 Å². The van der Waals surface area contributed by atoms with Gasteiger partial charge in [0.2, 0.25) is 5.91 Å². The van der Waals surface area contributed by atoms with Crippen molar-refractivity contribution in [3.05, 3.63) is 29.8 Å². The number of hydrogen-bond acceptors (Lipinski definition) is 4. The molecule has 0 aromatic heterocycles. The molecule has 1 amide bonds. The molecule has 6 heteroatoms. The molecule has 0 saturated heterocycles. The van der Waals surface area contributed by atoms with Gasteiger partial charge in [0.1, 0.15) is 0 Å². The molecule has 3 N–H and O–H groups in total. The van der Waals surface area contributed by atoms with E-state index in [0.29, 0.717) is 11.3 Å². The summed E-state index contributed by atoms with van der Waals surface area (Å²) in [4.78, 5) is 11.5. The van der Waals surface area contributed by atoms with Crippen LogP contribution in [0.5, 0.6) is 0 Å². The Bertz CT molecular complexity index is 524. The van der Waals surface area contributed by atoms with E-state index in [1.807, 2.05) is 0 Å². The van der Waals surface area contributed by atoms with E-state index in [-0.39, 0.29) is 24.1 Å². The van der Waals surface area contributed by atoms with Crippen LogP contribution < -0.4 is 11.1 Å². The number of rotatable bonds is 5. The van der Waals surface area contributed by atoms with Crippen LogP contribution in [0.25, 0.3) is 0 Å². The van der Waals surface area contributed by atoms with E-state index in [1.165, 1.54) is 6.26 Å². The Kier molecular flexibility index (Phi) is 4.86. The molecule has 0 spiro atoms. The van der Waals surface area contributed by atoms with Crippen LogP contribution in [0.4, 0.5) is 5.69 Å². The third-order valence-electron chi connectivity index (χ3n) is 2.15. The standard InChI is InChI=1S/C12H18N2O3S/c1-9(13)6-12(15)14-11-5-3-4-10(7-11)8-18(2,16)17/h3-5,7,9H,6,8,13H2,1-2H3,(H,14,15). The zero-order valence-corrected chi connectivity index (χ0v) is 11.3. The fourth-order valence-corrected chi connectivity index (χ4v) is 2.33. The summed E-state index contributed by atoms with van der Waals surface area (Å²) in [7, 11) is -3.07. The van der Waals surface area contributed by atoms with Crippen LogP contribution in [0.15, 0.2) is 24.3 Å². The molecule has 0 heterocycles. The number of carbonyl (C=O) groups excluding carboxylic acids is 1. The molecular formula is C12H18N2O3S. The smallest absolute Gasteiger partial charge is 0.225 e. The molecule has 1 aromatic carbocycles. The van der Waals surface area contributed by atoms with Crippen molar-refractivity contribution in [1.82, 2.24) is 0 Å². The molecule has 0 fully saturated rings. The molecule has 18 heavy (non-hydrogen) atoms. The molecule has 5 nitrogen and oxygen atoms in total. The highest BCUT2D eigenvalue weighted by Crippen LogP contribution is 2.13. The molecule has 1 aromatic rings. The monoisotopic (exact) mass is 270 g/mol. The van der Waals surface area contributed by atoms with Gasteiger partial charge in [0, 0.05) is 24.4 Å². The van der Waals surface area contributed by atoms with Crippen molar-refractivity contribution in [3.8, 4) is 0 Å². The van der Waals surface area contributed by atoms with E-state index in [2.05, 4.69) is 5.32 Å². The first-order valence-electron chi connectivity index (χ1n) is 5.58. The average molecular weight is 270 g/mol. The average Bonchev–Trinajstić information content (AvgIpc) is 2.13. The molecule has 1 unspecified atom stereocenters. The lowest BCUT2D eigenvalue weighted by Crippen LogP contribution is -2.24. The number of amides is 1. The van der Waals surface area contributed by atoms with Crippen LogP contribution in [-0.4, -0.2) is 26.6 Å². The summed E-state index contributed by atoms with van der Waals surface area (Å²) in [6.45, 7) is 1.75. The summed E-state index contributed by atoms with van der Waals surface area (Å²) in [5, 5.41) is 2.69. The summed E-state index contributed by atoms with van der Waals surface area (Å²) < 4.78 is 22.4. The van der Waals surface area contributed by atoms with E-state index in [1.54, 1.807) is 31.2 Å². The van der Waals surface area contributed by atoms with Crippen molar-refractivity contribution in [1.29, 1.82) is 0 Å². The quantitative estimate of drug-likeness (QED) is 0.832. The third kappa shape index (κ3) is 5.79. The van der Waals surface area contributed by atoms with Crippen molar-refractivity contribution in [2.45, 2.75) is 25.1 Å². The number of benzene rings is 1. The van der Waals surface area contributed by atoms with E-state index in [4.69, 9.17) is 5.73 Å². The number of sulfone groups is 1. The fraction of sp³-hybridized carbons (Fsp3) is 0.417. The summed E-state index contributed by atoms with van der Waals surface area (Å²) in [6, 6.07) is 6.58. The van der Waals surface area contributed by atoms with Crippen LogP contribution >= 0.6 is 0 Å². The van der Waals surface area contributed by atoms with Gasteiger partial charge in [-0.3, -0.25) is 4.79 Å². The van der Waals surface area contributed by atoms with Gasteiger partial charge in [-0.15, -0.1) is 0 Å². The van der Waals surface area contributed by atoms with Gasteiger partial charge in [0.05, 0.1) is 5.75 Å².